The predicted octanol–water partition coefficient (Wildman–Crippen LogP) is 8.85. The quantitative estimate of drug-likeness (QED) is 0.213. The van der Waals surface area contributed by atoms with Gasteiger partial charge in [0.05, 0.1) is 12.8 Å². The van der Waals surface area contributed by atoms with E-state index in [4.69, 9.17) is 14.0 Å². The monoisotopic (exact) mass is 565 g/mol. The van der Waals surface area contributed by atoms with Crippen molar-refractivity contribution < 1.29 is 14.0 Å². The van der Waals surface area contributed by atoms with E-state index in [1.807, 2.05) is 54.6 Å². The Balaban J connectivity index is 1.63. The first-order valence-corrected chi connectivity index (χ1v) is 13.5. The Morgan fingerprint density at radius 1 is 0.816 bits per heavy atom. The number of rotatable bonds is 5. The fourth-order valence-electron chi connectivity index (χ4n) is 5.26. The highest BCUT2D eigenvalue weighted by Crippen LogP contribution is 2.48. The van der Waals surface area contributed by atoms with Gasteiger partial charge in [-0.1, -0.05) is 94.8 Å². The fourth-order valence-corrected chi connectivity index (χ4v) is 5.80. The normalized spacial score (nSPS) is 17.1. The first-order chi connectivity index (χ1) is 18.6. The predicted molar refractivity (Wildman–Crippen MR) is 154 cm³/mol. The number of halogens is 1. The maximum absolute atomic E-state index is 7.01. The van der Waals surface area contributed by atoms with Crippen LogP contribution in [-0.2, 0) is 11.3 Å². The Morgan fingerprint density at radius 2 is 1.47 bits per heavy atom. The van der Waals surface area contributed by atoms with Crippen molar-refractivity contribution in [2.24, 2.45) is 0 Å². The van der Waals surface area contributed by atoms with Gasteiger partial charge in [-0.2, -0.15) is 0 Å². The van der Waals surface area contributed by atoms with Crippen LogP contribution in [0.2, 0.25) is 0 Å². The summed E-state index contributed by atoms with van der Waals surface area (Å²) in [7, 11) is 1.69. The van der Waals surface area contributed by atoms with Gasteiger partial charge in [-0.05, 0) is 48.4 Å². The number of para-hydroxylation sites is 1. The Morgan fingerprint density at radius 3 is 2.16 bits per heavy atom. The molecule has 4 nitrogen and oxygen atoms in total. The highest BCUT2D eigenvalue weighted by atomic mass is 79.9. The number of aryl methyl sites for hydroxylation is 1. The van der Waals surface area contributed by atoms with E-state index in [9.17, 15) is 0 Å². The number of fused-ring (bicyclic) bond motifs is 1. The molecule has 38 heavy (non-hydrogen) atoms. The third-order valence-electron chi connectivity index (χ3n) is 7.12. The van der Waals surface area contributed by atoms with Crippen LogP contribution in [0.5, 0.6) is 5.75 Å². The van der Waals surface area contributed by atoms with Gasteiger partial charge in [0.15, 0.2) is 0 Å². The van der Waals surface area contributed by atoms with Crippen molar-refractivity contribution in [3.63, 3.8) is 0 Å². The minimum atomic E-state index is -0.251. The second-order valence-electron chi connectivity index (χ2n) is 9.40. The number of methoxy groups -OCH3 is 1. The van der Waals surface area contributed by atoms with Gasteiger partial charge in [-0.15, -0.1) is 0 Å². The molecular weight excluding hydrogens is 538 g/mol. The van der Waals surface area contributed by atoms with E-state index in [-0.39, 0.29) is 12.1 Å². The Bertz CT molecular complexity index is 1530. The van der Waals surface area contributed by atoms with Gasteiger partial charge < -0.3 is 9.15 Å². The summed E-state index contributed by atoms with van der Waals surface area (Å²) < 4.78 is 13.1. The molecule has 2 atom stereocenters. The lowest BCUT2D eigenvalue weighted by Gasteiger charge is -2.34. The summed E-state index contributed by atoms with van der Waals surface area (Å²) in [6.07, 6.45) is 0.448. The molecule has 0 radical (unpaired) electrons. The van der Waals surface area contributed by atoms with Gasteiger partial charge in [0.2, 0.25) is 0 Å². The molecule has 1 aliphatic rings. The van der Waals surface area contributed by atoms with E-state index in [1.54, 1.807) is 7.11 Å². The summed E-state index contributed by atoms with van der Waals surface area (Å²) in [5, 5.41) is 2.05. The van der Waals surface area contributed by atoms with Gasteiger partial charge in [-0.25, -0.2) is 5.06 Å². The van der Waals surface area contributed by atoms with Gasteiger partial charge in [-0.3, -0.25) is 4.84 Å². The van der Waals surface area contributed by atoms with E-state index in [0.717, 1.165) is 49.7 Å². The molecule has 0 saturated heterocycles. The Hall–Kier alpha value is -3.80. The largest absolute Gasteiger partial charge is 0.497 e. The van der Waals surface area contributed by atoms with Crippen molar-refractivity contribution in [3.05, 3.63) is 142 Å². The third kappa shape index (κ3) is 4.53. The zero-order chi connectivity index (χ0) is 26.1. The minimum absolute atomic E-state index is 0.229. The van der Waals surface area contributed by atoms with Gasteiger partial charge in [0.25, 0.3) is 0 Å². The van der Waals surface area contributed by atoms with E-state index >= 15 is 0 Å². The summed E-state index contributed by atoms with van der Waals surface area (Å²) in [4.78, 5) is 7.01. The molecule has 1 aromatic heterocycles. The summed E-state index contributed by atoms with van der Waals surface area (Å²) in [6, 6.07) is 36.9. The standard InChI is InChI=1S/C33H28BrNO3/c1-22-28-21-30(27-15-9-10-16-29(27)34)38-35(25-13-7-4-8-14-25)32(23-17-19-26(36-2)20-18-23)31(28)33(37-22)24-11-5-3-6-12-24/h3-20,30,32H,21H2,1-2H3/t30-,32-/m1/s1. The van der Waals surface area contributed by atoms with Gasteiger partial charge in [0.1, 0.15) is 29.4 Å². The molecule has 190 valence electrons. The zero-order valence-electron chi connectivity index (χ0n) is 21.3. The molecule has 0 spiro atoms. The molecule has 0 aliphatic carbocycles. The lowest BCUT2D eigenvalue weighted by molar-refractivity contribution is 0.0256. The van der Waals surface area contributed by atoms with Gasteiger partial charge in [0, 0.05) is 27.6 Å². The summed E-state index contributed by atoms with van der Waals surface area (Å²) in [6.45, 7) is 2.06. The highest BCUT2D eigenvalue weighted by Gasteiger charge is 2.39. The van der Waals surface area contributed by atoms with Crippen LogP contribution in [0, 0.1) is 6.92 Å². The van der Waals surface area contributed by atoms with Crippen molar-refractivity contribution in [1.29, 1.82) is 0 Å². The maximum Gasteiger partial charge on any atom is 0.140 e. The fraction of sp³-hybridized carbons (Fsp3) is 0.152. The molecule has 4 aromatic carbocycles. The van der Waals surface area contributed by atoms with Crippen molar-refractivity contribution >= 4 is 21.6 Å². The lowest BCUT2D eigenvalue weighted by atomic mass is 9.89. The van der Waals surface area contributed by atoms with Crippen LogP contribution in [0.1, 0.15) is 40.2 Å². The van der Waals surface area contributed by atoms with E-state index < -0.39 is 0 Å². The molecule has 1 aliphatic heterocycles. The number of hydrogen-bond acceptors (Lipinski definition) is 4. The highest BCUT2D eigenvalue weighted by molar-refractivity contribution is 9.10. The first-order valence-electron chi connectivity index (χ1n) is 12.7. The van der Waals surface area contributed by atoms with Crippen LogP contribution in [0.25, 0.3) is 11.3 Å². The summed E-state index contributed by atoms with van der Waals surface area (Å²) in [5.74, 6) is 2.59. The molecule has 2 heterocycles. The lowest BCUT2D eigenvalue weighted by Crippen LogP contribution is -2.30. The number of hydroxylamine groups is 1. The molecule has 0 bridgehead atoms. The van der Waals surface area contributed by atoms with Crippen LogP contribution in [0.4, 0.5) is 5.69 Å². The van der Waals surface area contributed by atoms with E-state index in [1.165, 1.54) is 5.56 Å². The Kier molecular flexibility index (Phi) is 6.79. The van der Waals surface area contributed by atoms with Crippen LogP contribution in [0.15, 0.2) is 118 Å². The molecule has 0 amide bonds. The molecule has 0 N–H and O–H groups in total. The number of benzene rings is 4. The van der Waals surface area contributed by atoms with Crippen molar-refractivity contribution in [2.45, 2.75) is 25.5 Å². The number of nitrogens with zero attached hydrogens (tertiary/aromatic N) is 1. The molecule has 6 rings (SSSR count). The van der Waals surface area contributed by atoms with Crippen molar-refractivity contribution in [1.82, 2.24) is 0 Å². The molecule has 0 fully saturated rings. The SMILES string of the molecule is COc1ccc([C@@H]2c3c(-c4ccccc4)oc(C)c3C[C@H](c3ccccc3Br)ON2c2ccccc2)cc1. The van der Waals surface area contributed by atoms with Crippen LogP contribution >= 0.6 is 15.9 Å². The average molecular weight is 566 g/mol. The second kappa shape index (κ2) is 10.5. The molecule has 5 heteroatoms. The Labute approximate surface area is 231 Å². The second-order valence-corrected chi connectivity index (χ2v) is 10.3. The van der Waals surface area contributed by atoms with Crippen LogP contribution < -0.4 is 9.80 Å². The van der Waals surface area contributed by atoms with Gasteiger partial charge >= 0.3 is 0 Å². The molecule has 0 unspecified atom stereocenters. The van der Waals surface area contributed by atoms with E-state index in [0.29, 0.717) is 6.42 Å². The minimum Gasteiger partial charge on any atom is -0.497 e. The number of hydrogen-bond donors (Lipinski definition) is 0. The average Bonchev–Trinajstić information content (AvgIpc) is 3.17. The number of ether oxygens (including phenoxy) is 1. The molecule has 5 aromatic rings. The van der Waals surface area contributed by atoms with Crippen molar-refractivity contribution in [3.8, 4) is 17.1 Å². The smallest absolute Gasteiger partial charge is 0.140 e. The first kappa shape index (κ1) is 24.5. The molecular formula is C33H28BrNO3. The van der Waals surface area contributed by atoms with E-state index in [2.05, 4.69) is 82.5 Å². The third-order valence-corrected chi connectivity index (χ3v) is 7.84. The van der Waals surface area contributed by atoms with Crippen LogP contribution in [0.3, 0.4) is 0 Å². The number of furan rings is 1. The topological polar surface area (TPSA) is 34.8 Å². The summed E-state index contributed by atoms with van der Waals surface area (Å²) >= 11 is 3.77. The summed E-state index contributed by atoms with van der Waals surface area (Å²) in [5.41, 5.74) is 6.48. The maximum atomic E-state index is 7.01. The zero-order valence-corrected chi connectivity index (χ0v) is 22.9. The molecule has 0 saturated carbocycles. The van der Waals surface area contributed by atoms with Crippen LogP contribution in [-0.4, -0.2) is 7.11 Å². The number of anilines is 1. The van der Waals surface area contributed by atoms with Crippen molar-refractivity contribution in [2.75, 3.05) is 12.2 Å².